The molecule has 0 atom stereocenters. The number of anilines is 1. The predicted octanol–water partition coefficient (Wildman–Crippen LogP) is 3.73. The Kier molecular flexibility index (Phi) is 4.93. The quantitative estimate of drug-likeness (QED) is 0.665. The van der Waals surface area contributed by atoms with Crippen molar-refractivity contribution < 1.29 is 19.4 Å². The number of carbonyl (C=O) groups is 2. The second-order valence-electron chi connectivity index (χ2n) is 6.47. The summed E-state index contributed by atoms with van der Waals surface area (Å²) in [6.07, 6.45) is 0. The molecule has 126 valence electrons. The fraction of sp³-hybridized carbons (Fsp3) is 0.263. The highest BCUT2D eigenvalue weighted by atomic mass is 16.5. The lowest BCUT2D eigenvalue weighted by Crippen LogP contribution is -2.15. The zero-order valence-corrected chi connectivity index (χ0v) is 14.2. The van der Waals surface area contributed by atoms with Crippen molar-refractivity contribution in [1.29, 1.82) is 0 Å². The molecule has 24 heavy (non-hydrogen) atoms. The number of hydrogen-bond acceptors (Lipinski definition) is 4. The molecule has 0 saturated heterocycles. The fourth-order valence-corrected chi connectivity index (χ4v) is 2.24. The number of ether oxygens (including phenoxy) is 1. The summed E-state index contributed by atoms with van der Waals surface area (Å²) in [5, 5.41) is 12.7. The summed E-state index contributed by atoms with van der Waals surface area (Å²) in [5.74, 6) is -1.35. The van der Waals surface area contributed by atoms with Crippen molar-refractivity contribution >= 4 is 17.6 Å². The van der Waals surface area contributed by atoms with E-state index < -0.39 is 5.97 Å². The first-order chi connectivity index (χ1) is 11.2. The fourth-order valence-electron chi connectivity index (χ4n) is 2.24. The highest BCUT2D eigenvalue weighted by Gasteiger charge is 2.17. The molecule has 2 aromatic carbocycles. The molecule has 1 amide bonds. The Morgan fingerprint density at radius 2 is 1.67 bits per heavy atom. The van der Waals surface area contributed by atoms with Gasteiger partial charge in [0.2, 0.25) is 0 Å². The Balaban J connectivity index is 2.23. The van der Waals surface area contributed by atoms with Crippen LogP contribution in [0.25, 0.3) is 0 Å². The van der Waals surface area contributed by atoms with Crippen molar-refractivity contribution in [2.45, 2.75) is 26.2 Å². The van der Waals surface area contributed by atoms with Crippen LogP contribution in [0.3, 0.4) is 0 Å². The average Bonchev–Trinajstić information content (AvgIpc) is 2.55. The van der Waals surface area contributed by atoms with Gasteiger partial charge >= 0.3 is 5.97 Å². The van der Waals surface area contributed by atoms with Crippen LogP contribution >= 0.6 is 0 Å². The van der Waals surface area contributed by atoms with Gasteiger partial charge in [-0.3, -0.25) is 4.79 Å². The van der Waals surface area contributed by atoms with Crippen molar-refractivity contribution in [1.82, 2.24) is 0 Å². The largest absolute Gasteiger partial charge is 0.505 e. The summed E-state index contributed by atoms with van der Waals surface area (Å²) in [6.45, 7) is 6.29. The van der Waals surface area contributed by atoms with Crippen LogP contribution < -0.4 is 5.32 Å². The standard InChI is InChI=1S/C19H21NO4/c1-19(2,3)13-10-8-12(9-11-13)17(22)20-15-7-5-6-14(16(15)21)18(23)24-4/h5-11,21H,1-4H3,(H,20,22). The number of carbonyl (C=O) groups excluding carboxylic acids is 2. The van der Waals surface area contributed by atoms with E-state index in [1.54, 1.807) is 18.2 Å². The maximum absolute atomic E-state index is 12.3. The number of nitrogens with one attached hydrogen (secondary N) is 1. The number of para-hydroxylation sites is 1. The maximum atomic E-state index is 12.3. The molecular formula is C19H21NO4. The van der Waals surface area contributed by atoms with Crippen LogP contribution in [-0.4, -0.2) is 24.1 Å². The van der Waals surface area contributed by atoms with E-state index >= 15 is 0 Å². The molecule has 0 aliphatic rings. The van der Waals surface area contributed by atoms with Crippen LogP contribution in [0.15, 0.2) is 42.5 Å². The lowest BCUT2D eigenvalue weighted by Gasteiger charge is -2.19. The second kappa shape index (κ2) is 6.74. The van der Waals surface area contributed by atoms with Gasteiger partial charge in [-0.2, -0.15) is 0 Å². The number of methoxy groups -OCH3 is 1. The molecule has 0 unspecified atom stereocenters. The van der Waals surface area contributed by atoms with Crippen LogP contribution in [0.5, 0.6) is 5.75 Å². The van der Waals surface area contributed by atoms with E-state index in [-0.39, 0.29) is 28.3 Å². The number of phenols is 1. The van der Waals surface area contributed by atoms with E-state index in [9.17, 15) is 14.7 Å². The summed E-state index contributed by atoms with van der Waals surface area (Å²) in [7, 11) is 1.23. The molecule has 0 spiro atoms. The van der Waals surface area contributed by atoms with E-state index in [1.807, 2.05) is 12.1 Å². The molecule has 0 radical (unpaired) electrons. The number of benzene rings is 2. The minimum Gasteiger partial charge on any atom is -0.505 e. The predicted molar refractivity (Wildman–Crippen MR) is 92.5 cm³/mol. The molecule has 0 heterocycles. The van der Waals surface area contributed by atoms with Crippen LogP contribution in [0.1, 0.15) is 47.1 Å². The molecule has 0 bridgehead atoms. The number of rotatable bonds is 3. The molecule has 5 heteroatoms. The minimum atomic E-state index is -0.668. The van der Waals surface area contributed by atoms with E-state index in [0.29, 0.717) is 5.56 Å². The first-order valence-electron chi connectivity index (χ1n) is 7.56. The van der Waals surface area contributed by atoms with Gasteiger partial charge < -0.3 is 15.2 Å². The van der Waals surface area contributed by atoms with Crippen LogP contribution in [0, 0.1) is 0 Å². The van der Waals surface area contributed by atoms with Crippen molar-refractivity contribution in [2.24, 2.45) is 0 Å². The summed E-state index contributed by atoms with van der Waals surface area (Å²) in [4.78, 5) is 23.9. The highest BCUT2D eigenvalue weighted by Crippen LogP contribution is 2.28. The Hall–Kier alpha value is -2.82. The zero-order valence-electron chi connectivity index (χ0n) is 14.2. The Morgan fingerprint density at radius 3 is 2.21 bits per heavy atom. The maximum Gasteiger partial charge on any atom is 0.341 e. The van der Waals surface area contributed by atoms with Gasteiger partial charge in [0.25, 0.3) is 5.91 Å². The molecule has 0 saturated carbocycles. The minimum absolute atomic E-state index is 0.00150. The highest BCUT2D eigenvalue weighted by molar-refractivity contribution is 6.06. The molecule has 2 aromatic rings. The third kappa shape index (κ3) is 3.74. The lowest BCUT2D eigenvalue weighted by molar-refractivity contribution is 0.0597. The van der Waals surface area contributed by atoms with Crippen molar-refractivity contribution in [3.05, 3.63) is 59.2 Å². The van der Waals surface area contributed by atoms with Gasteiger partial charge in [-0.05, 0) is 35.2 Å². The molecule has 0 fully saturated rings. The van der Waals surface area contributed by atoms with Gasteiger partial charge in [-0.15, -0.1) is 0 Å². The Labute approximate surface area is 141 Å². The summed E-state index contributed by atoms with van der Waals surface area (Å²) in [6, 6.07) is 11.8. The Morgan fingerprint density at radius 1 is 1.04 bits per heavy atom. The first-order valence-corrected chi connectivity index (χ1v) is 7.56. The monoisotopic (exact) mass is 327 g/mol. The lowest BCUT2D eigenvalue weighted by atomic mass is 9.87. The number of phenolic OH excluding ortho intramolecular Hbond substituents is 1. The zero-order chi connectivity index (χ0) is 17.9. The molecule has 0 aromatic heterocycles. The normalized spacial score (nSPS) is 11.0. The smallest absolute Gasteiger partial charge is 0.341 e. The van der Waals surface area contributed by atoms with E-state index in [1.165, 1.54) is 19.2 Å². The van der Waals surface area contributed by atoms with Gasteiger partial charge in [0.15, 0.2) is 5.75 Å². The Bertz CT molecular complexity index is 758. The summed E-state index contributed by atoms with van der Waals surface area (Å²) >= 11 is 0. The average molecular weight is 327 g/mol. The number of hydrogen-bond donors (Lipinski definition) is 2. The third-order valence-electron chi connectivity index (χ3n) is 3.70. The number of aromatic hydroxyl groups is 1. The van der Waals surface area contributed by atoms with E-state index in [4.69, 9.17) is 0 Å². The molecule has 2 rings (SSSR count). The molecular weight excluding hydrogens is 306 g/mol. The van der Waals surface area contributed by atoms with Gasteiger partial charge in [-0.25, -0.2) is 4.79 Å². The SMILES string of the molecule is COC(=O)c1cccc(NC(=O)c2ccc(C(C)(C)C)cc2)c1O. The molecule has 0 aliphatic carbocycles. The van der Waals surface area contributed by atoms with Gasteiger partial charge in [0.05, 0.1) is 12.8 Å². The topological polar surface area (TPSA) is 75.6 Å². The van der Waals surface area contributed by atoms with Crippen molar-refractivity contribution in [3.8, 4) is 5.75 Å². The van der Waals surface area contributed by atoms with Gasteiger partial charge in [0, 0.05) is 5.56 Å². The van der Waals surface area contributed by atoms with Crippen LogP contribution in [-0.2, 0) is 10.2 Å². The summed E-state index contributed by atoms with van der Waals surface area (Å²) < 4.78 is 4.60. The molecule has 0 aliphatic heterocycles. The van der Waals surface area contributed by atoms with Crippen molar-refractivity contribution in [2.75, 3.05) is 12.4 Å². The molecule has 2 N–H and O–H groups in total. The number of esters is 1. The van der Waals surface area contributed by atoms with Gasteiger partial charge in [0.1, 0.15) is 5.56 Å². The summed E-state index contributed by atoms with van der Waals surface area (Å²) in [5.41, 5.74) is 1.74. The van der Waals surface area contributed by atoms with Gasteiger partial charge in [-0.1, -0.05) is 39.0 Å². The third-order valence-corrected chi connectivity index (χ3v) is 3.70. The van der Waals surface area contributed by atoms with E-state index in [2.05, 4.69) is 30.8 Å². The second-order valence-corrected chi connectivity index (χ2v) is 6.47. The first kappa shape index (κ1) is 17.5. The number of amides is 1. The van der Waals surface area contributed by atoms with Crippen LogP contribution in [0.2, 0.25) is 0 Å². The van der Waals surface area contributed by atoms with Crippen LogP contribution in [0.4, 0.5) is 5.69 Å². The molecule has 5 nitrogen and oxygen atoms in total. The van der Waals surface area contributed by atoms with Crippen molar-refractivity contribution in [3.63, 3.8) is 0 Å². The van der Waals surface area contributed by atoms with E-state index in [0.717, 1.165) is 5.56 Å².